The van der Waals surface area contributed by atoms with Crippen LogP contribution >= 0.6 is 11.6 Å². The molecule has 2 unspecified atom stereocenters. The highest BCUT2D eigenvalue weighted by Gasteiger charge is 2.35. The van der Waals surface area contributed by atoms with Gasteiger partial charge in [-0.25, -0.2) is 0 Å². The highest BCUT2D eigenvalue weighted by atomic mass is 35.5. The molecule has 110 valence electrons. The van der Waals surface area contributed by atoms with E-state index in [-0.39, 0.29) is 12.1 Å². The zero-order valence-electron chi connectivity index (χ0n) is 11.9. The molecule has 1 aromatic rings. The van der Waals surface area contributed by atoms with Crippen molar-refractivity contribution in [2.45, 2.75) is 51.1 Å². The SMILES string of the molecule is CCCCC(c1ccc(Cl)cc1)N1CCCC1C(=O)O. The number of aliphatic carboxylic acids is 1. The fourth-order valence-electron chi connectivity index (χ4n) is 3.03. The normalized spacial score (nSPS) is 21.0. The van der Waals surface area contributed by atoms with Crippen LogP contribution in [-0.2, 0) is 4.79 Å². The van der Waals surface area contributed by atoms with Crippen LogP contribution in [0.1, 0.15) is 50.6 Å². The van der Waals surface area contributed by atoms with Gasteiger partial charge < -0.3 is 5.11 Å². The monoisotopic (exact) mass is 295 g/mol. The molecule has 4 heteroatoms. The fraction of sp³-hybridized carbons (Fsp3) is 0.562. The van der Waals surface area contributed by atoms with E-state index in [1.54, 1.807) is 0 Å². The van der Waals surface area contributed by atoms with E-state index in [0.29, 0.717) is 0 Å². The number of halogens is 1. The number of carboxylic acid groups (broad SMARTS) is 1. The van der Waals surface area contributed by atoms with E-state index in [9.17, 15) is 9.90 Å². The Morgan fingerprint density at radius 2 is 2.15 bits per heavy atom. The maximum atomic E-state index is 11.4. The summed E-state index contributed by atoms with van der Waals surface area (Å²) in [4.78, 5) is 13.6. The van der Waals surface area contributed by atoms with E-state index < -0.39 is 5.97 Å². The van der Waals surface area contributed by atoms with Crippen LogP contribution in [0.5, 0.6) is 0 Å². The van der Waals surface area contributed by atoms with Crippen molar-refractivity contribution in [3.8, 4) is 0 Å². The van der Waals surface area contributed by atoms with E-state index in [1.807, 2.05) is 24.3 Å². The molecule has 0 saturated carbocycles. The van der Waals surface area contributed by atoms with Gasteiger partial charge in [0.1, 0.15) is 6.04 Å². The Labute approximate surface area is 125 Å². The molecule has 1 aliphatic heterocycles. The Balaban J connectivity index is 2.22. The molecule has 1 saturated heterocycles. The van der Waals surface area contributed by atoms with Crippen molar-refractivity contribution in [3.63, 3.8) is 0 Å². The van der Waals surface area contributed by atoms with Gasteiger partial charge in [0.25, 0.3) is 0 Å². The minimum Gasteiger partial charge on any atom is -0.480 e. The van der Waals surface area contributed by atoms with Crippen LogP contribution < -0.4 is 0 Å². The summed E-state index contributed by atoms with van der Waals surface area (Å²) in [5, 5.41) is 10.1. The first-order valence-corrected chi connectivity index (χ1v) is 7.75. The number of hydrogen-bond donors (Lipinski definition) is 1. The van der Waals surface area contributed by atoms with Gasteiger partial charge in [-0.2, -0.15) is 0 Å². The average Bonchev–Trinajstić information content (AvgIpc) is 2.90. The molecule has 0 radical (unpaired) electrons. The van der Waals surface area contributed by atoms with Crippen molar-refractivity contribution >= 4 is 17.6 Å². The standard InChI is InChI=1S/C16H22ClNO2/c1-2-3-5-14(12-7-9-13(17)10-8-12)18-11-4-6-15(18)16(19)20/h7-10,14-15H,2-6,11H2,1H3,(H,19,20). The van der Waals surface area contributed by atoms with Gasteiger partial charge in [-0.1, -0.05) is 43.5 Å². The number of carboxylic acids is 1. The lowest BCUT2D eigenvalue weighted by molar-refractivity contribution is -0.143. The van der Waals surface area contributed by atoms with Crippen LogP contribution in [0.25, 0.3) is 0 Å². The number of hydrogen-bond acceptors (Lipinski definition) is 2. The summed E-state index contributed by atoms with van der Waals surface area (Å²) < 4.78 is 0. The first-order valence-electron chi connectivity index (χ1n) is 7.37. The third kappa shape index (κ3) is 3.53. The molecule has 1 N–H and O–H groups in total. The lowest BCUT2D eigenvalue weighted by Gasteiger charge is -2.31. The quantitative estimate of drug-likeness (QED) is 0.858. The van der Waals surface area contributed by atoms with Gasteiger partial charge >= 0.3 is 5.97 Å². The molecule has 1 heterocycles. The van der Waals surface area contributed by atoms with Gasteiger partial charge in [0, 0.05) is 11.1 Å². The summed E-state index contributed by atoms with van der Waals surface area (Å²) in [6.07, 6.45) is 4.95. The molecule has 2 atom stereocenters. The molecule has 1 fully saturated rings. The van der Waals surface area contributed by atoms with Crippen LogP contribution in [0, 0.1) is 0 Å². The topological polar surface area (TPSA) is 40.5 Å². The fourth-order valence-corrected chi connectivity index (χ4v) is 3.16. The van der Waals surface area contributed by atoms with E-state index in [1.165, 1.54) is 5.56 Å². The highest BCUT2D eigenvalue weighted by Crippen LogP contribution is 2.33. The molecule has 0 aliphatic carbocycles. The maximum Gasteiger partial charge on any atom is 0.320 e. The molecule has 3 nitrogen and oxygen atoms in total. The molecular formula is C16H22ClNO2. The molecule has 1 aliphatic rings. The number of carbonyl (C=O) groups is 1. The maximum absolute atomic E-state index is 11.4. The van der Waals surface area contributed by atoms with Crippen molar-refractivity contribution in [1.82, 2.24) is 4.90 Å². The van der Waals surface area contributed by atoms with Gasteiger partial charge in [-0.15, -0.1) is 0 Å². The first-order chi connectivity index (χ1) is 9.63. The first kappa shape index (κ1) is 15.3. The lowest BCUT2D eigenvalue weighted by atomic mass is 9.98. The number of nitrogens with zero attached hydrogens (tertiary/aromatic N) is 1. The number of rotatable bonds is 6. The minimum atomic E-state index is -0.696. The Bertz CT molecular complexity index is 446. The molecule has 0 spiro atoms. The smallest absolute Gasteiger partial charge is 0.320 e. The van der Waals surface area contributed by atoms with Crippen LogP contribution in [0.2, 0.25) is 5.02 Å². The summed E-state index contributed by atoms with van der Waals surface area (Å²) in [6, 6.07) is 7.69. The average molecular weight is 296 g/mol. The largest absolute Gasteiger partial charge is 0.480 e. The summed E-state index contributed by atoms with van der Waals surface area (Å²) in [5.74, 6) is -0.696. The van der Waals surface area contributed by atoms with Crippen molar-refractivity contribution < 1.29 is 9.90 Å². The van der Waals surface area contributed by atoms with Crippen LogP contribution in [0.4, 0.5) is 0 Å². The third-order valence-electron chi connectivity index (χ3n) is 4.07. The molecule has 0 aromatic heterocycles. The Hall–Kier alpha value is -1.06. The second-order valence-corrected chi connectivity index (χ2v) is 5.88. The predicted octanol–water partition coefficient (Wildman–Crippen LogP) is 4.12. The van der Waals surface area contributed by atoms with Crippen LogP contribution in [0.15, 0.2) is 24.3 Å². The van der Waals surface area contributed by atoms with Crippen LogP contribution in [0.3, 0.4) is 0 Å². The summed E-state index contributed by atoms with van der Waals surface area (Å²) in [6.45, 7) is 3.03. The second-order valence-electron chi connectivity index (χ2n) is 5.44. The Morgan fingerprint density at radius 1 is 1.45 bits per heavy atom. The Morgan fingerprint density at radius 3 is 2.75 bits per heavy atom. The summed E-state index contributed by atoms with van der Waals surface area (Å²) in [7, 11) is 0. The third-order valence-corrected chi connectivity index (χ3v) is 4.32. The van der Waals surface area contributed by atoms with E-state index >= 15 is 0 Å². The number of unbranched alkanes of at least 4 members (excludes halogenated alkanes) is 1. The molecule has 0 bridgehead atoms. The molecular weight excluding hydrogens is 274 g/mol. The lowest BCUT2D eigenvalue weighted by Crippen LogP contribution is -2.38. The van der Waals surface area contributed by atoms with E-state index in [4.69, 9.17) is 11.6 Å². The zero-order valence-corrected chi connectivity index (χ0v) is 12.6. The van der Waals surface area contributed by atoms with Crippen molar-refractivity contribution in [3.05, 3.63) is 34.9 Å². The molecule has 2 rings (SSSR count). The van der Waals surface area contributed by atoms with Gasteiger partial charge in [0.15, 0.2) is 0 Å². The highest BCUT2D eigenvalue weighted by molar-refractivity contribution is 6.30. The van der Waals surface area contributed by atoms with Gasteiger partial charge in [0.2, 0.25) is 0 Å². The van der Waals surface area contributed by atoms with Gasteiger partial charge in [-0.05, 0) is 43.5 Å². The van der Waals surface area contributed by atoms with Crippen molar-refractivity contribution in [2.24, 2.45) is 0 Å². The second kappa shape index (κ2) is 7.09. The number of benzene rings is 1. The van der Waals surface area contributed by atoms with Gasteiger partial charge in [-0.3, -0.25) is 9.69 Å². The van der Waals surface area contributed by atoms with Crippen LogP contribution in [-0.4, -0.2) is 28.6 Å². The number of likely N-dealkylation sites (tertiary alicyclic amines) is 1. The summed E-state index contributed by atoms with van der Waals surface area (Å²) in [5.41, 5.74) is 1.18. The zero-order chi connectivity index (χ0) is 14.5. The molecule has 0 amide bonds. The van der Waals surface area contributed by atoms with Gasteiger partial charge in [0.05, 0.1) is 0 Å². The molecule has 20 heavy (non-hydrogen) atoms. The van der Waals surface area contributed by atoms with E-state index in [0.717, 1.165) is 43.7 Å². The Kier molecular flexibility index (Phi) is 5.44. The minimum absolute atomic E-state index is 0.191. The van der Waals surface area contributed by atoms with Crippen molar-refractivity contribution in [2.75, 3.05) is 6.54 Å². The van der Waals surface area contributed by atoms with E-state index in [2.05, 4.69) is 11.8 Å². The summed E-state index contributed by atoms with van der Waals surface area (Å²) >= 11 is 5.95. The predicted molar refractivity (Wildman–Crippen MR) is 81.1 cm³/mol. The van der Waals surface area contributed by atoms with Crippen molar-refractivity contribution in [1.29, 1.82) is 0 Å². The molecule has 1 aromatic carbocycles.